The molecule has 1 aromatic heterocycles. The van der Waals surface area contributed by atoms with Gasteiger partial charge >= 0.3 is 12.1 Å². The lowest BCUT2D eigenvalue weighted by molar-refractivity contribution is -0.137. The van der Waals surface area contributed by atoms with Crippen molar-refractivity contribution in [2.75, 3.05) is 12.4 Å². The Hall–Kier alpha value is -2.35. The molecule has 1 N–H and O–H groups in total. The van der Waals surface area contributed by atoms with Gasteiger partial charge in [-0.1, -0.05) is 0 Å². The highest BCUT2D eigenvalue weighted by atomic mass is 32.1. The van der Waals surface area contributed by atoms with Crippen molar-refractivity contribution >= 4 is 28.9 Å². The highest BCUT2D eigenvalue weighted by molar-refractivity contribution is 7.16. The van der Waals surface area contributed by atoms with Crippen LogP contribution in [0.3, 0.4) is 0 Å². The van der Waals surface area contributed by atoms with E-state index in [1.165, 1.54) is 19.2 Å². The Morgan fingerprint density at radius 1 is 1.05 bits per heavy atom. The first-order chi connectivity index (χ1) is 10.3. The predicted octanol–water partition coefficient (Wildman–Crippen LogP) is 3.81. The Morgan fingerprint density at radius 2 is 1.64 bits per heavy atom. The Bertz CT molecular complexity index is 692. The molecule has 4 nitrogen and oxygen atoms in total. The summed E-state index contributed by atoms with van der Waals surface area (Å²) in [6, 6.07) is 6.97. The summed E-state index contributed by atoms with van der Waals surface area (Å²) < 4.78 is 41.8. The fraction of sp³-hybridized carbons (Fsp3) is 0.143. The number of rotatable bonds is 3. The molecule has 0 fully saturated rings. The first-order valence-electron chi connectivity index (χ1n) is 5.98. The van der Waals surface area contributed by atoms with Crippen LogP contribution in [-0.4, -0.2) is 19.0 Å². The Morgan fingerprint density at radius 3 is 2.18 bits per heavy atom. The summed E-state index contributed by atoms with van der Waals surface area (Å²) in [7, 11) is 1.23. The van der Waals surface area contributed by atoms with Crippen molar-refractivity contribution in [1.29, 1.82) is 0 Å². The number of alkyl halides is 3. The molecule has 2 aromatic rings. The van der Waals surface area contributed by atoms with Crippen LogP contribution in [0.5, 0.6) is 0 Å². The maximum absolute atomic E-state index is 12.4. The molecule has 0 bridgehead atoms. The fourth-order valence-electron chi connectivity index (χ4n) is 1.61. The van der Waals surface area contributed by atoms with Gasteiger partial charge in [0, 0.05) is 5.69 Å². The second-order valence-corrected chi connectivity index (χ2v) is 5.27. The largest absolute Gasteiger partial charge is 0.465 e. The lowest BCUT2D eigenvalue weighted by Gasteiger charge is -2.08. The molecule has 2 rings (SSSR count). The standard InChI is InChI=1S/C14H10F3NO3S/c1-21-13(20)11-7-6-10(22-11)12(19)18-9-4-2-8(3-5-9)14(15,16)17/h2-7H,1H3,(H,18,19). The van der Waals surface area contributed by atoms with E-state index in [-0.39, 0.29) is 15.4 Å². The summed E-state index contributed by atoms with van der Waals surface area (Å²) in [4.78, 5) is 23.7. The Labute approximate surface area is 127 Å². The molecule has 0 radical (unpaired) electrons. The van der Waals surface area contributed by atoms with Gasteiger partial charge in [-0.05, 0) is 36.4 Å². The number of benzene rings is 1. The van der Waals surface area contributed by atoms with Gasteiger partial charge in [0.25, 0.3) is 5.91 Å². The molecule has 8 heteroatoms. The molecule has 22 heavy (non-hydrogen) atoms. The lowest BCUT2D eigenvalue weighted by atomic mass is 10.2. The van der Waals surface area contributed by atoms with Gasteiger partial charge in [-0.15, -0.1) is 11.3 Å². The molecule has 0 aliphatic heterocycles. The maximum Gasteiger partial charge on any atom is 0.416 e. The smallest absolute Gasteiger partial charge is 0.416 e. The van der Waals surface area contributed by atoms with Crippen LogP contribution in [0.15, 0.2) is 36.4 Å². The van der Waals surface area contributed by atoms with Crippen LogP contribution >= 0.6 is 11.3 Å². The monoisotopic (exact) mass is 329 g/mol. The fourth-order valence-corrected chi connectivity index (χ4v) is 2.42. The van der Waals surface area contributed by atoms with E-state index in [4.69, 9.17) is 0 Å². The number of ether oxygens (including phenoxy) is 1. The van der Waals surface area contributed by atoms with E-state index < -0.39 is 23.6 Å². The zero-order valence-electron chi connectivity index (χ0n) is 11.2. The molecular formula is C14H10F3NO3S. The second-order valence-electron chi connectivity index (χ2n) is 4.18. The molecule has 0 aliphatic carbocycles. The summed E-state index contributed by atoms with van der Waals surface area (Å²) in [5.41, 5.74) is -0.569. The van der Waals surface area contributed by atoms with Crippen molar-refractivity contribution in [3.8, 4) is 0 Å². The molecule has 0 unspecified atom stereocenters. The number of thiophene rings is 1. The van der Waals surface area contributed by atoms with Crippen LogP contribution in [0.2, 0.25) is 0 Å². The Balaban J connectivity index is 2.09. The van der Waals surface area contributed by atoms with E-state index in [1.807, 2.05) is 0 Å². The summed E-state index contributed by atoms with van der Waals surface area (Å²) in [6.07, 6.45) is -4.42. The van der Waals surface area contributed by atoms with Gasteiger partial charge in [0.2, 0.25) is 0 Å². The third kappa shape index (κ3) is 3.64. The van der Waals surface area contributed by atoms with Gasteiger partial charge in [-0.25, -0.2) is 4.79 Å². The first kappa shape index (κ1) is 16.0. The molecule has 1 heterocycles. The first-order valence-corrected chi connectivity index (χ1v) is 6.79. The van der Waals surface area contributed by atoms with E-state index in [9.17, 15) is 22.8 Å². The molecular weight excluding hydrogens is 319 g/mol. The van der Waals surface area contributed by atoms with Crippen molar-refractivity contribution in [3.63, 3.8) is 0 Å². The summed E-state index contributed by atoms with van der Waals surface area (Å²) in [5.74, 6) is -1.07. The van der Waals surface area contributed by atoms with E-state index >= 15 is 0 Å². The molecule has 0 aliphatic rings. The van der Waals surface area contributed by atoms with Crippen LogP contribution < -0.4 is 5.32 Å². The number of carbonyl (C=O) groups excluding carboxylic acids is 2. The van der Waals surface area contributed by atoms with Gasteiger partial charge in [0.05, 0.1) is 17.6 Å². The van der Waals surface area contributed by atoms with Crippen LogP contribution in [0, 0.1) is 0 Å². The van der Waals surface area contributed by atoms with Crippen molar-refractivity contribution < 1.29 is 27.5 Å². The molecule has 0 spiro atoms. The molecule has 1 amide bonds. The van der Waals surface area contributed by atoms with Gasteiger partial charge in [-0.2, -0.15) is 13.2 Å². The van der Waals surface area contributed by atoms with E-state index in [0.29, 0.717) is 0 Å². The molecule has 0 saturated heterocycles. The van der Waals surface area contributed by atoms with Gasteiger partial charge in [-0.3, -0.25) is 4.79 Å². The maximum atomic E-state index is 12.4. The number of halogens is 3. The number of amides is 1. The summed E-state index contributed by atoms with van der Waals surface area (Å²) in [5, 5.41) is 2.46. The van der Waals surface area contributed by atoms with Gasteiger partial charge in [0.15, 0.2) is 0 Å². The topological polar surface area (TPSA) is 55.4 Å². The highest BCUT2D eigenvalue weighted by Crippen LogP contribution is 2.30. The van der Waals surface area contributed by atoms with Crippen molar-refractivity contribution in [2.24, 2.45) is 0 Å². The minimum atomic E-state index is -4.42. The SMILES string of the molecule is COC(=O)c1ccc(C(=O)Nc2ccc(C(F)(F)F)cc2)s1. The molecule has 1 aromatic carbocycles. The highest BCUT2D eigenvalue weighted by Gasteiger charge is 2.30. The summed E-state index contributed by atoms with van der Waals surface area (Å²) in [6.45, 7) is 0. The van der Waals surface area contributed by atoms with Crippen LogP contribution in [0.4, 0.5) is 18.9 Å². The predicted molar refractivity (Wildman–Crippen MR) is 75.1 cm³/mol. The summed E-state index contributed by atoms with van der Waals surface area (Å²) >= 11 is 0.934. The van der Waals surface area contributed by atoms with Crippen LogP contribution in [0.25, 0.3) is 0 Å². The van der Waals surface area contributed by atoms with Gasteiger partial charge in [0.1, 0.15) is 4.88 Å². The van der Waals surface area contributed by atoms with E-state index in [0.717, 1.165) is 35.6 Å². The number of hydrogen-bond acceptors (Lipinski definition) is 4. The Kier molecular flexibility index (Phi) is 4.51. The van der Waals surface area contributed by atoms with Crippen molar-refractivity contribution in [3.05, 3.63) is 51.7 Å². The minimum absolute atomic E-state index is 0.228. The number of methoxy groups -OCH3 is 1. The average molecular weight is 329 g/mol. The van der Waals surface area contributed by atoms with Crippen LogP contribution in [-0.2, 0) is 10.9 Å². The zero-order chi connectivity index (χ0) is 16.3. The van der Waals surface area contributed by atoms with Crippen LogP contribution in [0.1, 0.15) is 24.9 Å². The van der Waals surface area contributed by atoms with Crippen molar-refractivity contribution in [1.82, 2.24) is 0 Å². The molecule has 0 saturated carbocycles. The third-order valence-corrected chi connectivity index (χ3v) is 3.75. The number of anilines is 1. The number of esters is 1. The number of carbonyl (C=O) groups is 2. The normalized spacial score (nSPS) is 11.1. The molecule has 0 atom stereocenters. The number of nitrogens with one attached hydrogen (secondary N) is 1. The van der Waals surface area contributed by atoms with Gasteiger partial charge < -0.3 is 10.1 Å². The average Bonchev–Trinajstić information content (AvgIpc) is 2.96. The van der Waals surface area contributed by atoms with E-state index in [2.05, 4.69) is 10.1 Å². The lowest BCUT2D eigenvalue weighted by Crippen LogP contribution is -2.11. The minimum Gasteiger partial charge on any atom is -0.465 e. The third-order valence-electron chi connectivity index (χ3n) is 2.69. The van der Waals surface area contributed by atoms with Crippen molar-refractivity contribution in [2.45, 2.75) is 6.18 Å². The zero-order valence-corrected chi connectivity index (χ0v) is 12.0. The van der Waals surface area contributed by atoms with E-state index in [1.54, 1.807) is 0 Å². The molecule has 116 valence electrons. The second kappa shape index (κ2) is 6.18. The number of hydrogen-bond donors (Lipinski definition) is 1. The quantitative estimate of drug-likeness (QED) is 0.871.